The number of nitrogens with one attached hydrogen (secondary N) is 1. The molecule has 1 aliphatic heterocycles. The number of rotatable bonds is 5. The molecular weight excluding hydrogens is 355 g/mol. The number of halogens is 1. The van der Waals surface area contributed by atoms with Crippen molar-refractivity contribution < 1.29 is 9.18 Å². The fraction of sp³-hybridized carbons (Fsp3) is 0.273. The highest BCUT2D eigenvalue weighted by Crippen LogP contribution is 2.25. The van der Waals surface area contributed by atoms with E-state index in [1.807, 2.05) is 42.1 Å². The molecule has 0 unspecified atom stereocenters. The molecule has 1 amide bonds. The summed E-state index contributed by atoms with van der Waals surface area (Å²) in [5, 5.41) is 3.05. The lowest BCUT2D eigenvalue weighted by Gasteiger charge is -2.23. The Bertz CT molecular complexity index is 967. The van der Waals surface area contributed by atoms with E-state index in [-0.39, 0.29) is 17.8 Å². The monoisotopic (exact) mass is 378 g/mol. The molecule has 0 radical (unpaired) electrons. The van der Waals surface area contributed by atoms with Crippen LogP contribution >= 0.6 is 0 Å². The van der Waals surface area contributed by atoms with E-state index in [0.29, 0.717) is 6.54 Å². The highest BCUT2D eigenvalue weighted by molar-refractivity contribution is 5.95. The lowest BCUT2D eigenvalue weighted by molar-refractivity contribution is -0.120. The molecule has 28 heavy (non-hydrogen) atoms. The second-order valence-electron chi connectivity index (χ2n) is 7.16. The molecule has 144 valence electrons. The Morgan fingerprint density at radius 3 is 2.79 bits per heavy atom. The summed E-state index contributed by atoms with van der Waals surface area (Å²) < 4.78 is 15.1. The standard InChI is InChI=1S/C22H23FN4O/c1-26-13-11-24-21(26)15-27-12-3-6-20(27)22(28)25-19-5-2-4-17(14-19)16-7-9-18(23)10-8-16/h2,4-5,7-11,13-14,20H,3,6,12,15H2,1H3,(H,25,28)/t20-/m0/s1. The van der Waals surface area contributed by atoms with E-state index in [9.17, 15) is 9.18 Å². The van der Waals surface area contributed by atoms with Gasteiger partial charge in [0, 0.05) is 25.1 Å². The van der Waals surface area contributed by atoms with E-state index < -0.39 is 0 Å². The van der Waals surface area contributed by atoms with Crippen molar-refractivity contribution >= 4 is 11.6 Å². The third-order valence-electron chi connectivity index (χ3n) is 5.24. The molecule has 1 saturated heterocycles. The first kappa shape index (κ1) is 18.4. The molecule has 5 nitrogen and oxygen atoms in total. The molecule has 0 aliphatic carbocycles. The summed E-state index contributed by atoms with van der Waals surface area (Å²) in [6.07, 6.45) is 5.54. The van der Waals surface area contributed by atoms with Crippen LogP contribution in [-0.4, -0.2) is 32.9 Å². The van der Waals surface area contributed by atoms with Gasteiger partial charge in [0.15, 0.2) is 0 Å². The maximum Gasteiger partial charge on any atom is 0.241 e. The summed E-state index contributed by atoms with van der Waals surface area (Å²) >= 11 is 0. The van der Waals surface area contributed by atoms with Gasteiger partial charge in [-0.2, -0.15) is 0 Å². The van der Waals surface area contributed by atoms with Crippen molar-refractivity contribution in [3.63, 3.8) is 0 Å². The zero-order valence-electron chi connectivity index (χ0n) is 15.8. The van der Waals surface area contributed by atoms with Crippen molar-refractivity contribution in [2.75, 3.05) is 11.9 Å². The quantitative estimate of drug-likeness (QED) is 0.734. The number of hydrogen-bond acceptors (Lipinski definition) is 3. The van der Waals surface area contributed by atoms with Gasteiger partial charge in [-0.25, -0.2) is 9.37 Å². The summed E-state index contributed by atoms with van der Waals surface area (Å²) in [6, 6.07) is 13.8. The first-order valence-corrected chi connectivity index (χ1v) is 9.47. The largest absolute Gasteiger partial charge is 0.337 e. The van der Waals surface area contributed by atoms with Gasteiger partial charge in [0.25, 0.3) is 0 Å². The van der Waals surface area contributed by atoms with Crippen LogP contribution in [0.2, 0.25) is 0 Å². The predicted octanol–water partition coefficient (Wildman–Crippen LogP) is 3.83. The number of benzene rings is 2. The van der Waals surface area contributed by atoms with Crippen LogP contribution in [0.3, 0.4) is 0 Å². The third-order valence-corrected chi connectivity index (χ3v) is 5.24. The highest BCUT2D eigenvalue weighted by Gasteiger charge is 2.31. The third kappa shape index (κ3) is 3.97. The lowest BCUT2D eigenvalue weighted by Crippen LogP contribution is -2.39. The van der Waals surface area contributed by atoms with Crippen LogP contribution in [-0.2, 0) is 18.4 Å². The number of imidazole rings is 1. The van der Waals surface area contributed by atoms with Gasteiger partial charge in [-0.1, -0.05) is 24.3 Å². The second kappa shape index (κ2) is 7.94. The minimum atomic E-state index is -0.262. The number of anilines is 1. The number of hydrogen-bond donors (Lipinski definition) is 1. The number of nitrogens with zero attached hydrogens (tertiary/aromatic N) is 3. The fourth-order valence-corrected chi connectivity index (χ4v) is 3.69. The Balaban J connectivity index is 1.46. The Labute approximate surface area is 163 Å². The van der Waals surface area contributed by atoms with Crippen molar-refractivity contribution in [2.24, 2.45) is 7.05 Å². The van der Waals surface area contributed by atoms with Gasteiger partial charge in [-0.3, -0.25) is 9.69 Å². The van der Waals surface area contributed by atoms with Crippen LogP contribution in [0.15, 0.2) is 60.9 Å². The summed E-state index contributed by atoms with van der Waals surface area (Å²) in [7, 11) is 1.97. The molecule has 4 rings (SSSR count). The zero-order valence-corrected chi connectivity index (χ0v) is 15.8. The SMILES string of the molecule is Cn1ccnc1CN1CCC[C@H]1C(=O)Nc1cccc(-c2ccc(F)cc2)c1. The Morgan fingerprint density at radius 2 is 2.04 bits per heavy atom. The van der Waals surface area contributed by atoms with Gasteiger partial charge in [0.1, 0.15) is 11.6 Å². The topological polar surface area (TPSA) is 50.2 Å². The van der Waals surface area contributed by atoms with Crippen molar-refractivity contribution in [3.8, 4) is 11.1 Å². The van der Waals surface area contributed by atoms with Gasteiger partial charge in [-0.15, -0.1) is 0 Å². The molecule has 2 heterocycles. The number of carbonyl (C=O) groups is 1. The molecule has 1 N–H and O–H groups in total. The van der Waals surface area contributed by atoms with Crippen molar-refractivity contribution in [2.45, 2.75) is 25.4 Å². The summed E-state index contributed by atoms with van der Waals surface area (Å²) in [4.78, 5) is 19.5. The Kier molecular flexibility index (Phi) is 5.21. The number of amides is 1. The Morgan fingerprint density at radius 1 is 1.21 bits per heavy atom. The van der Waals surface area contributed by atoms with Crippen LogP contribution in [0, 0.1) is 5.82 Å². The van der Waals surface area contributed by atoms with Crippen LogP contribution in [0.1, 0.15) is 18.7 Å². The molecule has 3 aromatic rings. The average Bonchev–Trinajstić information content (AvgIpc) is 3.32. The molecule has 1 fully saturated rings. The van der Waals surface area contributed by atoms with Gasteiger partial charge in [0.05, 0.1) is 12.6 Å². The molecular formula is C22H23FN4O. The number of likely N-dealkylation sites (tertiary alicyclic amines) is 1. The molecule has 0 saturated carbocycles. The summed E-state index contributed by atoms with van der Waals surface area (Å²) in [5.41, 5.74) is 2.60. The molecule has 2 aromatic carbocycles. The number of carbonyl (C=O) groups excluding carboxylic acids is 1. The normalized spacial score (nSPS) is 17.0. The fourth-order valence-electron chi connectivity index (χ4n) is 3.69. The summed E-state index contributed by atoms with van der Waals surface area (Å²) in [5.74, 6) is 0.697. The van der Waals surface area contributed by atoms with E-state index in [4.69, 9.17) is 0 Å². The minimum absolute atomic E-state index is 0.00275. The van der Waals surface area contributed by atoms with Crippen molar-refractivity contribution in [1.29, 1.82) is 0 Å². The van der Waals surface area contributed by atoms with Crippen molar-refractivity contribution in [3.05, 3.63) is 72.6 Å². The second-order valence-corrected chi connectivity index (χ2v) is 7.16. The van der Waals surface area contributed by atoms with Crippen LogP contribution in [0.5, 0.6) is 0 Å². The smallest absolute Gasteiger partial charge is 0.241 e. The average molecular weight is 378 g/mol. The molecule has 1 aliphatic rings. The van der Waals surface area contributed by atoms with E-state index in [1.165, 1.54) is 12.1 Å². The van der Waals surface area contributed by atoms with Gasteiger partial charge in [-0.05, 0) is 54.8 Å². The first-order valence-electron chi connectivity index (χ1n) is 9.47. The minimum Gasteiger partial charge on any atom is -0.337 e. The summed E-state index contributed by atoms with van der Waals surface area (Å²) in [6.45, 7) is 1.55. The van der Waals surface area contributed by atoms with E-state index in [1.54, 1.807) is 18.3 Å². The first-order chi connectivity index (χ1) is 13.6. The van der Waals surface area contributed by atoms with Crippen LogP contribution < -0.4 is 5.32 Å². The van der Waals surface area contributed by atoms with Crippen LogP contribution in [0.25, 0.3) is 11.1 Å². The van der Waals surface area contributed by atoms with E-state index >= 15 is 0 Å². The van der Waals surface area contributed by atoms with Gasteiger partial charge >= 0.3 is 0 Å². The molecule has 0 bridgehead atoms. The molecule has 6 heteroatoms. The number of aryl methyl sites for hydroxylation is 1. The maximum atomic E-state index is 13.2. The molecule has 0 spiro atoms. The van der Waals surface area contributed by atoms with Gasteiger partial charge < -0.3 is 9.88 Å². The van der Waals surface area contributed by atoms with E-state index in [0.717, 1.165) is 42.0 Å². The molecule has 1 aromatic heterocycles. The highest BCUT2D eigenvalue weighted by atomic mass is 19.1. The lowest BCUT2D eigenvalue weighted by atomic mass is 10.0. The van der Waals surface area contributed by atoms with Crippen molar-refractivity contribution in [1.82, 2.24) is 14.5 Å². The van der Waals surface area contributed by atoms with Crippen LogP contribution in [0.4, 0.5) is 10.1 Å². The Hall–Kier alpha value is -2.99. The maximum absolute atomic E-state index is 13.2. The zero-order chi connectivity index (χ0) is 19.5. The predicted molar refractivity (Wildman–Crippen MR) is 107 cm³/mol. The van der Waals surface area contributed by atoms with E-state index in [2.05, 4.69) is 15.2 Å². The number of aromatic nitrogens is 2. The molecule has 1 atom stereocenters. The van der Waals surface area contributed by atoms with Gasteiger partial charge in [0.2, 0.25) is 5.91 Å².